The van der Waals surface area contributed by atoms with Crippen LogP contribution in [0.1, 0.15) is 28.0 Å². The third-order valence-electron chi connectivity index (χ3n) is 4.81. The molecule has 1 fully saturated rings. The first-order chi connectivity index (χ1) is 14.1. The molecule has 29 heavy (non-hydrogen) atoms. The molecule has 2 aromatic heterocycles. The maximum atomic E-state index is 12.7. The van der Waals surface area contributed by atoms with Gasteiger partial charge in [0.15, 0.2) is 0 Å². The van der Waals surface area contributed by atoms with Gasteiger partial charge in [0.1, 0.15) is 17.5 Å². The Morgan fingerprint density at radius 3 is 3.07 bits per heavy atom. The lowest BCUT2D eigenvalue weighted by Crippen LogP contribution is -2.43. The van der Waals surface area contributed by atoms with Crippen molar-refractivity contribution in [2.75, 3.05) is 26.3 Å². The molecule has 0 spiro atoms. The van der Waals surface area contributed by atoms with Gasteiger partial charge in [-0.1, -0.05) is 17.7 Å². The van der Waals surface area contributed by atoms with Gasteiger partial charge >= 0.3 is 0 Å². The molecular formula is C20H22ClN5O3. The van der Waals surface area contributed by atoms with Crippen LogP contribution in [0.3, 0.4) is 0 Å². The minimum Gasteiger partial charge on any atom is -0.493 e. The molecular weight excluding hydrogens is 394 g/mol. The molecule has 0 saturated carbocycles. The van der Waals surface area contributed by atoms with Gasteiger partial charge in [-0.05, 0) is 30.3 Å². The summed E-state index contributed by atoms with van der Waals surface area (Å²) in [6.07, 6.45) is 2.03. The Morgan fingerprint density at radius 1 is 1.38 bits per heavy atom. The van der Waals surface area contributed by atoms with Crippen LogP contribution in [0.5, 0.6) is 5.75 Å². The molecule has 8 nitrogen and oxygen atoms in total. The Labute approximate surface area is 173 Å². The van der Waals surface area contributed by atoms with E-state index < -0.39 is 0 Å². The summed E-state index contributed by atoms with van der Waals surface area (Å²) in [7, 11) is 1.76. The van der Waals surface area contributed by atoms with Gasteiger partial charge in [-0.3, -0.25) is 14.6 Å². The molecule has 1 amide bonds. The Bertz CT molecular complexity index is 986. The van der Waals surface area contributed by atoms with E-state index in [1.165, 1.54) is 0 Å². The van der Waals surface area contributed by atoms with E-state index in [1.807, 2.05) is 24.3 Å². The van der Waals surface area contributed by atoms with Gasteiger partial charge in [0.2, 0.25) is 0 Å². The van der Waals surface area contributed by atoms with Crippen molar-refractivity contribution >= 4 is 17.5 Å². The number of hydrogen-bond acceptors (Lipinski definition) is 5. The molecule has 0 unspecified atom stereocenters. The highest BCUT2D eigenvalue weighted by molar-refractivity contribution is 6.30. The SMILES string of the molecule is Cn1nccc1C(=O)N1CCO[C@H](c2cc(CCOc3cccc(Cl)c3)[nH]n2)C1. The van der Waals surface area contributed by atoms with E-state index in [-0.39, 0.29) is 12.0 Å². The fourth-order valence-electron chi connectivity index (χ4n) is 3.27. The number of aromatic amines is 1. The average molecular weight is 416 g/mol. The number of hydrogen-bond donors (Lipinski definition) is 1. The highest BCUT2D eigenvalue weighted by Gasteiger charge is 2.28. The predicted octanol–water partition coefficient (Wildman–Crippen LogP) is 2.63. The van der Waals surface area contributed by atoms with Gasteiger partial charge in [0.05, 0.1) is 25.5 Å². The minimum absolute atomic E-state index is 0.0519. The number of carbonyl (C=O) groups is 1. The zero-order valence-electron chi connectivity index (χ0n) is 16.0. The lowest BCUT2D eigenvalue weighted by molar-refractivity contribution is -0.0250. The maximum absolute atomic E-state index is 12.7. The van der Waals surface area contributed by atoms with Crippen LogP contribution >= 0.6 is 11.6 Å². The number of H-pyrrole nitrogens is 1. The standard InChI is InChI=1S/C20H22ClN5O3/c1-25-18(5-7-22-25)20(27)26-8-10-29-19(13-26)17-12-15(23-24-17)6-9-28-16-4-2-3-14(21)11-16/h2-5,7,11-12,19H,6,8-10,13H2,1H3,(H,23,24)/t19-/m0/s1. The van der Waals surface area contributed by atoms with Gasteiger partial charge in [-0.15, -0.1) is 0 Å². The Kier molecular flexibility index (Phi) is 5.82. The smallest absolute Gasteiger partial charge is 0.272 e. The summed E-state index contributed by atoms with van der Waals surface area (Å²) in [5.41, 5.74) is 2.29. The fourth-order valence-corrected chi connectivity index (χ4v) is 3.45. The highest BCUT2D eigenvalue weighted by Crippen LogP contribution is 2.23. The number of benzene rings is 1. The molecule has 1 aliphatic rings. The second-order valence-corrected chi connectivity index (χ2v) is 7.26. The van der Waals surface area contributed by atoms with E-state index in [0.717, 1.165) is 17.1 Å². The predicted molar refractivity (Wildman–Crippen MR) is 107 cm³/mol. The first kappa shape index (κ1) is 19.5. The number of nitrogens with zero attached hydrogens (tertiary/aromatic N) is 4. The Hall–Kier alpha value is -2.84. The van der Waals surface area contributed by atoms with Crippen LogP contribution < -0.4 is 4.74 Å². The van der Waals surface area contributed by atoms with E-state index in [4.69, 9.17) is 21.1 Å². The second-order valence-electron chi connectivity index (χ2n) is 6.82. The molecule has 1 aliphatic heterocycles. The largest absolute Gasteiger partial charge is 0.493 e. The van der Waals surface area contributed by atoms with Gasteiger partial charge in [0.25, 0.3) is 5.91 Å². The third kappa shape index (κ3) is 4.60. The molecule has 0 aliphatic carbocycles. The first-order valence-corrected chi connectivity index (χ1v) is 9.79. The summed E-state index contributed by atoms with van der Waals surface area (Å²) < 4.78 is 13.2. The summed E-state index contributed by atoms with van der Waals surface area (Å²) in [6, 6.07) is 11.0. The molecule has 1 aromatic carbocycles. The van der Waals surface area contributed by atoms with Crippen molar-refractivity contribution in [2.45, 2.75) is 12.5 Å². The van der Waals surface area contributed by atoms with Gasteiger partial charge < -0.3 is 14.4 Å². The summed E-state index contributed by atoms with van der Waals surface area (Å²) in [5.74, 6) is 0.682. The van der Waals surface area contributed by atoms with Crippen molar-refractivity contribution in [2.24, 2.45) is 7.05 Å². The van der Waals surface area contributed by atoms with E-state index in [1.54, 1.807) is 35.0 Å². The second kappa shape index (κ2) is 8.67. The lowest BCUT2D eigenvalue weighted by Gasteiger charge is -2.32. The van der Waals surface area contributed by atoms with Crippen LogP contribution in [0.25, 0.3) is 0 Å². The van der Waals surface area contributed by atoms with E-state index in [0.29, 0.717) is 43.4 Å². The van der Waals surface area contributed by atoms with E-state index >= 15 is 0 Å². The zero-order valence-corrected chi connectivity index (χ0v) is 16.8. The molecule has 0 bridgehead atoms. The molecule has 9 heteroatoms. The number of morpholine rings is 1. The van der Waals surface area contributed by atoms with E-state index in [2.05, 4.69) is 15.3 Å². The van der Waals surface area contributed by atoms with Crippen LogP contribution in [0, 0.1) is 0 Å². The number of amides is 1. The molecule has 0 radical (unpaired) electrons. The van der Waals surface area contributed by atoms with Gasteiger partial charge in [-0.25, -0.2) is 0 Å². The van der Waals surface area contributed by atoms with Crippen molar-refractivity contribution < 1.29 is 14.3 Å². The van der Waals surface area contributed by atoms with E-state index in [9.17, 15) is 4.79 Å². The number of halogens is 1. The van der Waals surface area contributed by atoms with Crippen LogP contribution in [-0.4, -0.2) is 57.1 Å². The van der Waals surface area contributed by atoms with Crippen LogP contribution in [0.2, 0.25) is 5.02 Å². The molecule has 3 heterocycles. The lowest BCUT2D eigenvalue weighted by atomic mass is 10.1. The van der Waals surface area contributed by atoms with Crippen molar-refractivity contribution in [1.29, 1.82) is 0 Å². The van der Waals surface area contributed by atoms with Crippen molar-refractivity contribution in [1.82, 2.24) is 24.9 Å². The number of aromatic nitrogens is 4. The summed E-state index contributed by atoms with van der Waals surface area (Å²) in [6.45, 7) is 1.96. The maximum Gasteiger partial charge on any atom is 0.272 e. The Morgan fingerprint density at radius 2 is 2.28 bits per heavy atom. The fraction of sp³-hybridized carbons (Fsp3) is 0.350. The third-order valence-corrected chi connectivity index (χ3v) is 5.05. The average Bonchev–Trinajstić information content (AvgIpc) is 3.37. The summed E-state index contributed by atoms with van der Waals surface area (Å²) >= 11 is 5.96. The normalized spacial score (nSPS) is 16.8. The highest BCUT2D eigenvalue weighted by atomic mass is 35.5. The zero-order chi connectivity index (χ0) is 20.2. The summed E-state index contributed by atoms with van der Waals surface area (Å²) in [4.78, 5) is 14.5. The molecule has 152 valence electrons. The monoisotopic (exact) mass is 415 g/mol. The quantitative estimate of drug-likeness (QED) is 0.669. The molecule has 4 rings (SSSR count). The number of carbonyl (C=O) groups excluding carboxylic acids is 1. The van der Waals surface area contributed by atoms with Crippen molar-refractivity contribution in [3.05, 3.63) is 64.7 Å². The molecule has 3 aromatic rings. The summed E-state index contributed by atoms with van der Waals surface area (Å²) in [5, 5.41) is 12.1. The molecule has 1 saturated heterocycles. The molecule has 1 atom stereocenters. The minimum atomic E-state index is -0.264. The number of rotatable bonds is 6. The first-order valence-electron chi connectivity index (χ1n) is 9.41. The van der Waals surface area contributed by atoms with Crippen LogP contribution in [-0.2, 0) is 18.2 Å². The number of ether oxygens (including phenoxy) is 2. The molecule has 1 N–H and O–H groups in total. The topological polar surface area (TPSA) is 85.3 Å². The Balaban J connectivity index is 1.33. The van der Waals surface area contributed by atoms with Crippen LogP contribution in [0.15, 0.2) is 42.6 Å². The van der Waals surface area contributed by atoms with Crippen molar-refractivity contribution in [3.63, 3.8) is 0 Å². The van der Waals surface area contributed by atoms with Crippen LogP contribution in [0.4, 0.5) is 0 Å². The number of aryl methyl sites for hydroxylation is 1. The number of nitrogens with one attached hydrogen (secondary N) is 1. The van der Waals surface area contributed by atoms with Crippen molar-refractivity contribution in [3.8, 4) is 5.75 Å². The van der Waals surface area contributed by atoms with Gasteiger partial charge in [0, 0.05) is 36.9 Å². The van der Waals surface area contributed by atoms with Gasteiger partial charge in [-0.2, -0.15) is 10.2 Å².